The highest BCUT2D eigenvalue weighted by Gasteiger charge is 2.19. The lowest BCUT2D eigenvalue weighted by molar-refractivity contribution is -0.302. The Hall–Kier alpha value is -1.51. The first-order chi connectivity index (χ1) is 25.1. The minimum atomic E-state index is -0.0151. The monoisotopic (exact) mass is 720 g/mol. The molecular formula is C44H81NO6. The van der Waals surface area contributed by atoms with Crippen molar-refractivity contribution in [2.24, 2.45) is 11.8 Å². The lowest BCUT2D eigenvalue weighted by atomic mass is 9.95. The Bertz CT molecular complexity index is 855. The highest BCUT2D eigenvalue weighted by atomic mass is 17.2. The van der Waals surface area contributed by atoms with Crippen LogP contribution in [0, 0.1) is 11.8 Å². The zero-order valence-electron chi connectivity index (χ0n) is 33.8. The van der Waals surface area contributed by atoms with Gasteiger partial charge in [0.25, 0.3) is 0 Å². The first-order valence-corrected chi connectivity index (χ1v) is 21.5. The molecule has 298 valence electrons. The predicted molar refractivity (Wildman–Crippen MR) is 213 cm³/mol. The molecule has 0 amide bonds. The normalized spacial score (nSPS) is 13.3. The molecule has 1 aromatic carbocycles. The van der Waals surface area contributed by atoms with E-state index in [0.29, 0.717) is 25.9 Å². The van der Waals surface area contributed by atoms with E-state index in [1.807, 2.05) is 6.07 Å². The quantitative estimate of drug-likeness (QED) is 0.0314. The van der Waals surface area contributed by atoms with Crippen LogP contribution in [-0.4, -0.2) is 58.3 Å². The summed E-state index contributed by atoms with van der Waals surface area (Å²) in [7, 11) is 0. The van der Waals surface area contributed by atoms with E-state index in [1.165, 1.54) is 76.2 Å². The van der Waals surface area contributed by atoms with Crippen LogP contribution in [0.3, 0.4) is 0 Å². The van der Waals surface area contributed by atoms with Gasteiger partial charge in [-0.15, -0.1) is 0 Å². The second-order valence-electron chi connectivity index (χ2n) is 14.6. The van der Waals surface area contributed by atoms with Crippen LogP contribution in [0.4, 0.5) is 0 Å². The van der Waals surface area contributed by atoms with Gasteiger partial charge in [0.15, 0.2) is 0 Å². The lowest BCUT2D eigenvalue weighted by Crippen LogP contribution is -2.27. The van der Waals surface area contributed by atoms with Gasteiger partial charge in [-0.05, 0) is 69.8 Å². The van der Waals surface area contributed by atoms with E-state index in [0.717, 1.165) is 104 Å². The van der Waals surface area contributed by atoms with E-state index in [4.69, 9.17) is 24.0 Å². The van der Waals surface area contributed by atoms with E-state index in [-0.39, 0.29) is 17.8 Å². The maximum atomic E-state index is 12.7. The first kappa shape index (κ1) is 47.5. The summed E-state index contributed by atoms with van der Waals surface area (Å²) in [5, 5.41) is 3.58. The molecule has 3 atom stereocenters. The molecule has 0 saturated heterocycles. The minimum Gasteiger partial charge on any atom is -0.465 e. The van der Waals surface area contributed by atoms with E-state index < -0.39 is 0 Å². The molecule has 0 aliphatic heterocycles. The molecule has 0 bridgehead atoms. The van der Waals surface area contributed by atoms with Gasteiger partial charge in [0.2, 0.25) is 0 Å². The smallest absolute Gasteiger partial charge is 0.308 e. The summed E-state index contributed by atoms with van der Waals surface area (Å²) in [6, 6.07) is 10.5. The van der Waals surface area contributed by atoms with Crippen LogP contribution >= 0.6 is 0 Å². The summed E-state index contributed by atoms with van der Waals surface area (Å²) in [5.41, 5.74) is 1.27. The average Bonchev–Trinajstić information content (AvgIpc) is 3.15. The van der Waals surface area contributed by atoms with Crippen molar-refractivity contribution in [2.75, 3.05) is 46.2 Å². The Balaban J connectivity index is 2.26. The third kappa shape index (κ3) is 29.6. The Morgan fingerprint density at radius 2 is 1.20 bits per heavy atom. The topological polar surface area (TPSA) is 75.2 Å². The fraction of sp³-hybridized carbons (Fsp3) is 0.841. The highest BCUT2D eigenvalue weighted by Crippen LogP contribution is 2.19. The maximum Gasteiger partial charge on any atom is 0.308 e. The van der Waals surface area contributed by atoms with Crippen molar-refractivity contribution in [3.05, 3.63) is 35.9 Å². The highest BCUT2D eigenvalue weighted by molar-refractivity contribution is 5.72. The van der Waals surface area contributed by atoms with Gasteiger partial charge in [0, 0.05) is 38.8 Å². The van der Waals surface area contributed by atoms with Gasteiger partial charge in [-0.3, -0.25) is 4.79 Å². The van der Waals surface area contributed by atoms with Crippen LogP contribution in [0.25, 0.3) is 0 Å². The number of esters is 1. The molecule has 3 unspecified atom stereocenters. The molecule has 1 aromatic rings. The number of ether oxygens (including phenoxy) is 3. The van der Waals surface area contributed by atoms with E-state index >= 15 is 0 Å². The van der Waals surface area contributed by atoms with Crippen molar-refractivity contribution in [3.63, 3.8) is 0 Å². The first-order valence-electron chi connectivity index (χ1n) is 21.5. The third-order valence-electron chi connectivity index (χ3n) is 9.72. The maximum absolute atomic E-state index is 12.7. The molecule has 0 spiro atoms. The van der Waals surface area contributed by atoms with Gasteiger partial charge in [-0.2, -0.15) is 0 Å². The minimum absolute atomic E-state index is 0.0151. The van der Waals surface area contributed by atoms with Crippen LogP contribution < -0.4 is 5.32 Å². The second-order valence-corrected chi connectivity index (χ2v) is 14.6. The van der Waals surface area contributed by atoms with Crippen molar-refractivity contribution in [1.82, 2.24) is 5.32 Å². The Morgan fingerprint density at radius 1 is 0.588 bits per heavy atom. The number of rotatable bonds is 39. The number of carbonyl (C=O) groups is 1. The van der Waals surface area contributed by atoms with Gasteiger partial charge < -0.3 is 19.5 Å². The number of nitrogens with one attached hydrogen (secondary N) is 1. The lowest BCUT2D eigenvalue weighted by Gasteiger charge is -2.18. The molecule has 7 nitrogen and oxygen atoms in total. The standard InChI is InChI=1S/C44H81NO6/c1-5-9-13-19-28-42(27-11-7-3)44(46)49-34-23-24-35-50-51-39-41(38-45-37-40-25-17-15-18-26-40)31-36-47-32-21-16-22-33-48-43(29-12-8-4)30-20-14-10-6-2/h15,17-18,25-26,41-43,45H,5-14,16,19-24,27-39H2,1-4H3. The van der Waals surface area contributed by atoms with Crippen molar-refractivity contribution in [2.45, 2.75) is 182 Å². The molecule has 0 fully saturated rings. The number of unbranched alkanes of at least 4 members (excludes halogenated alkanes) is 11. The molecule has 0 aromatic heterocycles. The van der Waals surface area contributed by atoms with Crippen LogP contribution in [0.1, 0.15) is 175 Å². The summed E-state index contributed by atoms with van der Waals surface area (Å²) >= 11 is 0. The molecule has 7 heteroatoms. The number of hydrogen-bond acceptors (Lipinski definition) is 7. The van der Waals surface area contributed by atoms with Gasteiger partial charge in [-0.25, -0.2) is 9.78 Å². The SMILES string of the molecule is CCCCCCC(CCCC)OCCCCCOCCC(CNCc1ccccc1)COOCCCCOC(=O)C(CCCC)CCCCCC. The summed E-state index contributed by atoms with van der Waals surface area (Å²) in [4.78, 5) is 23.9. The fourth-order valence-corrected chi connectivity index (χ4v) is 6.29. The molecule has 1 N–H and O–H groups in total. The van der Waals surface area contributed by atoms with Crippen LogP contribution in [-0.2, 0) is 35.3 Å². The van der Waals surface area contributed by atoms with Gasteiger partial charge in [0.1, 0.15) is 0 Å². The van der Waals surface area contributed by atoms with E-state index in [1.54, 1.807) is 0 Å². The largest absolute Gasteiger partial charge is 0.465 e. The molecule has 0 heterocycles. The zero-order chi connectivity index (χ0) is 36.9. The summed E-state index contributed by atoms with van der Waals surface area (Å²) in [5.74, 6) is 0.326. The molecule has 1 rings (SSSR count). The van der Waals surface area contributed by atoms with Gasteiger partial charge >= 0.3 is 5.97 Å². The van der Waals surface area contributed by atoms with E-state index in [9.17, 15) is 4.79 Å². The summed E-state index contributed by atoms with van der Waals surface area (Å²) in [6.45, 7) is 14.5. The van der Waals surface area contributed by atoms with E-state index in [2.05, 4.69) is 57.3 Å². The van der Waals surface area contributed by atoms with Crippen molar-refractivity contribution >= 4 is 5.97 Å². The van der Waals surface area contributed by atoms with Crippen LogP contribution in [0.5, 0.6) is 0 Å². The third-order valence-corrected chi connectivity index (χ3v) is 9.72. The van der Waals surface area contributed by atoms with Crippen molar-refractivity contribution < 1.29 is 28.8 Å². The predicted octanol–water partition coefficient (Wildman–Crippen LogP) is 11.6. The molecular weight excluding hydrogens is 638 g/mol. The van der Waals surface area contributed by atoms with Crippen LogP contribution in [0.15, 0.2) is 30.3 Å². The fourth-order valence-electron chi connectivity index (χ4n) is 6.29. The molecule has 0 aliphatic carbocycles. The number of carbonyl (C=O) groups excluding carboxylic acids is 1. The summed E-state index contributed by atoms with van der Waals surface area (Å²) < 4.78 is 18.0. The van der Waals surface area contributed by atoms with Crippen molar-refractivity contribution in [1.29, 1.82) is 0 Å². The molecule has 0 aliphatic rings. The number of hydrogen-bond donors (Lipinski definition) is 1. The number of benzene rings is 1. The van der Waals surface area contributed by atoms with Crippen LogP contribution in [0.2, 0.25) is 0 Å². The van der Waals surface area contributed by atoms with Gasteiger partial charge in [0.05, 0.1) is 31.8 Å². The Morgan fingerprint density at radius 3 is 1.94 bits per heavy atom. The van der Waals surface area contributed by atoms with Gasteiger partial charge in [-0.1, -0.05) is 135 Å². The zero-order valence-corrected chi connectivity index (χ0v) is 33.8. The summed E-state index contributed by atoms with van der Waals surface area (Å²) in [6.07, 6.45) is 25.3. The second kappa shape index (κ2) is 36.8. The average molecular weight is 720 g/mol. The molecule has 0 radical (unpaired) electrons. The van der Waals surface area contributed by atoms with Crippen molar-refractivity contribution in [3.8, 4) is 0 Å². The molecule has 0 saturated carbocycles. The molecule has 51 heavy (non-hydrogen) atoms. The Kier molecular flexibility index (Phi) is 34.3. The Labute approximate surface area is 315 Å².